The van der Waals surface area contributed by atoms with Crippen LogP contribution in [-0.4, -0.2) is 65.9 Å². The highest BCUT2D eigenvalue weighted by atomic mass is 32.2. The van der Waals surface area contributed by atoms with Crippen LogP contribution in [-0.2, 0) is 15.6 Å². The fourth-order valence-corrected chi connectivity index (χ4v) is 5.30. The van der Waals surface area contributed by atoms with Crippen molar-refractivity contribution in [3.8, 4) is 17.2 Å². The fraction of sp³-hybridized carbons (Fsp3) is 0.300. The summed E-state index contributed by atoms with van der Waals surface area (Å²) < 4.78 is 35.8. The van der Waals surface area contributed by atoms with Crippen molar-refractivity contribution in [3.63, 3.8) is 0 Å². The van der Waals surface area contributed by atoms with E-state index in [1.807, 2.05) is 20.8 Å². The molecular formula is C30H37N7O5S. The van der Waals surface area contributed by atoms with E-state index in [1.54, 1.807) is 83.9 Å². The SMILES string of the molecule is CN(C)S(=O)(=O)N(CCCO)c1cccc(-n2cc(NC(=O)Nc3ccc(Oc4ccncc4)cc3)c(C(C)(C)C)n2)c1. The van der Waals surface area contributed by atoms with Gasteiger partial charge in [0.2, 0.25) is 0 Å². The smallest absolute Gasteiger partial charge is 0.323 e. The van der Waals surface area contributed by atoms with E-state index in [-0.39, 0.29) is 19.6 Å². The molecule has 0 unspecified atom stereocenters. The average molecular weight is 608 g/mol. The van der Waals surface area contributed by atoms with Gasteiger partial charge in [0, 0.05) is 50.7 Å². The summed E-state index contributed by atoms with van der Waals surface area (Å²) in [6, 6.07) is 17.0. The zero-order chi connectivity index (χ0) is 31.2. The number of aromatic nitrogens is 3. The number of carbonyl (C=O) groups is 1. The van der Waals surface area contributed by atoms with E-state index in [4.69, 9.17) is 9.84 Å². The summed E-state index contributed by atoms with van der Waals surface area (Å²) in [6.07, 6.45) is 5.26. The van der Waals surface area contributed by atoms with Crippen molar-refractivity contribution < 1.29 is 23.1 Å². The van der Waals surface area contributed by atoms with Gasteiger partial charge in [-0.05, 0) is 61.0 Å². The Balaban J connectivity index is 1.55. The summed E-state index contributed by atoms with van der Waals surface area (Å²) in [5, 5.41) is 19.8. The van der Waals surface area contributed by atoms with Gasteiger partial charge in [-0.25, -0.2) is 9.48 Å². The van der Waals surface area contributed by atoms with Gasteiger partial charge in [0.15, 0.2) is 0 Å². The Bertz CT molecular complexity index is 1630. The highest BCUT2D eigenvalue weighted by Crippen LogP contribution is 2.31. The van der Waals surface area contributed by atoms with E-state index in [1.165, 1.54) is 18.4 Å². The van der Waals surface area contributed by atoms with Gasteiger partial charge in [-0.1, -0.05) is 26.8 Å². The molecule has 0 atom stereocenters. The Morgan fingerprint density at radius 1 is 1.00 bits per heavy atom. The first kappa shape index (κ1) is 31.5. The van der Waals surface area contributed by atoms with Gasteiger partial charge in [-0.3, -0.25) is 9.29 Å². The van der Waals surface area contributed by atoms with E-state index in [2.05, 4.69) is 15.6 Å². The first-order chi connectivity index (χ1) is 20.4. The number of nitrogens with zero attached hydrogens (tertiary/aromatic N) is 5. The summed E-state index contributed by atoms with van der Waals surface area (Å²) in [6.45, 7) is 5.92. The van der Waals surface area contributed by atoms with Crippen molar-refractivity contribution in [2.45, 2.75) is 32.6 Å². The van der Waals surface area contributed by atoms with Crippen molar-refractivity contribution in [2.75, 3.05) is 42.2 Å². The molecule has 4 rings (SSSR count). The van der Waals surface area contributed by atoms with Crippen molar-refractivity contribution in [1.82, 2.24) is 19.1 Å². The van der Waals surface area contributed by atoms with Gasteiger partial charge in [-0.2, -0.15) is 17.8 Å². The predicted octanol–water partition coefficient (Wildman–Crippen LogP) is 5.00. The average Bonchev–Trinajstić information content (AvgIpc) is 3.39. The van der Waals surface area contributed by atoms with Crippen molar-refractivity contribution in [1.29, 1.82) is 0 Å². The lowest BCUT2D eigenvalue weighted by atomic mass is 9.91. The molecule has 0 radical (unpaired) electrons. The molecule has 0 fully saturated rings. The third-order valence-corrected chi connectivity index (χ3v) is 8.19. The molecule has 4 aromatic rings. The molecule has 0 aliphatic carbocycles. The van der Waals surface area contributed by atoms with E-state index in [0.717, 1.165) is 4.31 Å². The van der Waals surface area contributed by atoms with Gasteiger partial charge in [0.1, 0.15) is 11.5 Å². The molecule has 2 amide bonds. The molecule has 2 aromatic carbocycles. The number of benzene rings is 2. The van der Waals surface area contributed by atoms with E-state index in [9.17, 15) is 18.3 Å². The van der Waals surface area contributed by atoms with Gasteiger partial charge in [0.05, 0.1) is 29.0 Å². The molecule has 0 bridgehead atoms. The second-order valence-electron chi connectivity index (χ2n) is 10.9. The molecule has 12 nitrogen and oxygen atoms in total. The number of pyridine rings is 1. The number of urea groups is 1. The standard InChI is InChI=1S/C30H37N7O5S/c1-30(2,3)28-27(33-29(39)32-22-10-12-25(13-11-22)42-26-14-16-31-17-15-26)21-36(34-28)23-8-6-9-24(20-23)37(18-7-19-38)43(40,41)35(4)5/h6,8-17,20-21,38H,7,18-19H2,1-5H3,(H2,32,33,39). The molecule has 0 aliphatic rings. The number of carbonyl (C=O) groups excluding carboxylic acids is 1. The first-order valence-corrected chi connectivity index (χ1v) is 15.1. The molecule has 228 valence electrons. The lowest BCUT2D eigenvalue weighted by Crippen LogP contribution is -2.41. The van der Waals surface area contributed by atoms with Crippen LogP contribution in [0.1, 0.15) is 32.9 Å². The van der Waals surface area contributed by atoms with Gasteiger partial charge in [0.25, 0.3) is 0 Å². The second kappa shape index (κ2) is 13.2. The molecule has 2 aromatic heterocycles. The van der Waals surface area contributed by atoms with Crippen LogP contribution in [0.15, 0.2) is 79.3 Å². The quantitative estimate of drug-likeness (QED) is 0.218. The van der Waals surface area contributed by atoms with Crippen LogP contribution < -0.4 is 19.7 Å². The molecule has 2 heterocycles. The van der Waals surface area contributed by atoms with Crippen molar-refractivity contribution >= 4 is 33.3 Å². The monoisotopic (exact) mass is 607 g/mol. The normalized spacial score (nSPS) is 11.8. The van der Waals surface area contributed by atoms with Crippen LogP contribution in [0.3, 0.4) is 0 Å². The van der Waals surface area contributed by atoms with Crippen molar-refractivity contribution in [3.05, 3.63) is 84.9 Å². The number of aliphatic hydroxyl groups excluding tert-OH is 1. The number of ether oxygens (including phenoxy) is 1. The number of anilines is 3. The highest BCUT2D eigenvalue weighted by Gasteiger charge is 2.27. The minimum Gasteiger partial charge on any atom is -0.457 e. The summed E-state index contributed by atoms with van der Waals surface area (Å²) >= 11 is 0. The molecule has 3 N–H and O–H groups in total. The Morgan fingerprint density at radius 3 is 2.30 bits per heavy atom. The Kier molecular flexibility index (Phi) is 9.69. The number of rotatable bonds is 11. The van der Waals surface area contributed by atoms with Crippen LogP contribution in [0.2, 0.25) is 0 Å². The maximum Gasteiger partial charge on any atom is 0.323 e. The van der Waals surface area contributed by atoms with Crippen LogP contribution >= 0.6 is 0 Å². The molecule has 0 spiro atoms. The van der Waals surface area contributed by atoms with E-state index in [0.29, 0.717) is 39.9 Å². The van der Waals surface area contributed by atoms with Gasteiger partial charge in [-0.15, -0.1) is 0 Å². The Morgan fingerprint density at radius 2 is 1.67 bits per heavy atom. The number of hydrogen-bond acceptors (Lipinski definition) is 7. The number of hydrogen-bond donors (Lipinski definition) is 3. The molecule has 13 heteroatoms. The topological polar surface area (TPSA) is 142 Å². The van der Waals surface area contributed by atoms with Crippen LogP contribution in [0, 0.1) is 0 Å². The fourth-order valence-electron chi connectivity index (χ4n) is 4.16. The van der Waals surface area contributed by atoms with Crippen LogP contribution in [0.5, 0.6) is 11.5 Å². The number of aliphatic hydroxyl groups is 1. The molecular weight excluding hydrogens is 570 g/mol. The third-order valence-electron chi connectivity index (χ3n) is 6.31. The number of nitrogens with one attached hydrogen (secondary N) is 2. The lowest BCUT2D eigenvalue weighted by Gasteiger charge is -2.27. The lowest BCUT2D eigenvalue weighted by molar-refractivity contribution is 0.262. The minimum absolute atomic E-state index is 0.108. The molecule has 0 aliphatic heterocycles. The highest BCUT2D eigenvalue weighted by molar-refractivity contribution is 7.90. The van der Waals surface area contributed by atoms with E-state index >= 15 is 0 Å². The largest absolute Gasteiger partial charge is 0.457 e. The Labute approximate surface area is 252 Å². The summed E-state index contributed by atoms with van der Waals surface area (Å²) in [7, 11) is -0.883. The zero-order valence-corrected chi connectivity index (χ0v) is 25.7. The minimum atomic E-state index is -3.80. The molecule has 43 heavy (non-hydrogen) atoms. The molecule has 0 saturated heterocycles. The summed E-state index contributed by atoms with van der Waals surface area (Å²) in [5.41, 5.74) is 2.33. The van der Waals surface area contributed by atoms with Gasteiger partial charge < -0.3 is 20.5 Å². The number of amides is 2. The van der Waals surface area contributed by atoms with Crippen molar-refractivity contribution in [2.24, 2.45) is 0 Å². The predicted molar refractivity (Wildman–Crippen MR) is 167 cm³/mol. The Hall–Kier alpha value is -4.46. The maximum absolute atomic E-state index is 13.0. The van der Waals surface area contributed by atoms with E-state index < -0.39 is 21.7 Å². The maximum atomic E-state index is 13.0. The second-order valence-corrected chi connectivity index (χ2v) is 13.0. The summed E-state index contributed by atoms with van der Waals surface area (Å²) in [5.74, 6) is 1.27. The first-order valence-electron chi connectivity index (χ1n) is 13.7. The molecule has 0 saturated carbocycles. The van der Waals surface area contributed by atoms with Crippen LogP contribution in [0.25, 0.3) is 5.69 Å². The van der Waals surface area contributed by atoms with Crippen LogP contribution in [0.4, 0.5) is 21.9 Å². The third kappa shape index (κ3) is 7.89. The zero-order valence-electron chi connectivity index (χ0n) is 24.9. The van der Waals surface area contributed by atoms with Gasteiger partial charge >= 0.3 is 16.2 Å². The summed E-state index contributed by atoms with van der Waals surface area (Å²) in [4.78, 5) is 17.0.